The van der Waals surface area contributed by atoms with Gasteiger partial charge in [-0.3, -0.25) is 0 Å². The zero-order valence-corrected chi connectivity index (χ0v) is 10.9. The van der Waals surface area contributed by atoms with E-state index in [1.807, 2.05) is 22.8 Å². The summed E-state index contributed by atoms with van der Waals surface area (Å²) in [4.78, 5) is 14.7. The maximum atomic E-state index is 10.5. The molecule has 0 spiro atoms. The first-order valence-electron chi connectivity index (χ1n) is 5.55. The fraction of sp³-hybridized carbons (Fsp3) is 0.167. The highest BCUT2D eigenvalue weighted by molar-refractivity contribution is 7.99. The lowest BCUT2D eigenvalue weighted by molar-refractivity contribution is -0.713. The van der Waals surface area contributed by atoms with Crippen molar-refractivity contribution in [1.29, 1.82) is 0 Å². The normalized spacial score (nSPS) is 10.3. The van der Waals surface area contributed by atoms with Crippen LogP contribution < -0.4 is 9.67 Å². The van der Waals surface area contributed by atoms with Crippen LogP contribution in [0.2, 0.25) is 0 Å². The fourth-order valence-corrected chi connectivity index (χ4v) is 2.23. The molecule has 6 nitrogen and oxygen atoms in total. The van der Waals surface area contributed by atoms with Gasteiger partial charge in [0.15, 0.2) is 0 Å². The molecular formula is C12H12N4O2S. The smallest absolute Gasteiger partial charge is 0.337 e. The average Bonchev–Trinajstić information content (AvgIpc) is 2.81. The summed E-state index contributed by atoms with van der Waals surface area (Å²) in [6, 6.07) is 5.54. The molecule has 98 valence electrons. The molecule has 0 radical (unpaired) electrons. The van der Waals surface area contributed by atoms with Crippen molar-refractivity contribution in [3.8, 4) is 11.5 Å². The van der Waals surface area contributed by atoms with E-state index in [2.05, 4.69) is 21.8 Å². The molecule has 0 amide bonds. The first-order chi connectivity index (χ1) is 9.22. The third kappa shape index (κ3) is 3.19. The Kier molecular flexibility index (Phi) is 4.30. The fourth-order valence-electron chi connectivity index (χ4n) is 1.55. The molecular weight excluding hydrogens is 264 g/mol. The summed E-state index contributed by atoms with van der Waals surface area (Å²) >= 11 is 1.09. The van der Waals surface area contributed by atoms with Crippen LogP contribution in [-0.2, 0) is 11.3 Å². The van der Waals surface area contributed by atoms with Crippen molar-refractivity contribution in [3.63, 3.8) is 0 Å². The molecule has 0 aliphatic carbocycles. The highest BCUT2D eigenvalue weighted by atomic mass is 32.2. The van der Waals surface area contributed by atoms with Gasteiger partial charge in [0.2, 0.25) is 0 Å². The largest absolute Gasteiger partial charge is 0.549 e. The van der Waals surface area contributed by atoms with E-state index in [0.29, 0.717) is 17.5 Å². The lowest BCUT2D eigenvalue weighted by Gasteiger charge is -2.01. The van der Waals surface area contributed by atoms with Gasteiger partial charge in [0.1, 0.15) is 5.69 Å². The molecule has 2 rings (SSSR count). The number of aromatic nitrogens is 4. The molecule has 19 heavy (non-hydrogen) atoms. The van der Waals surface area contributed by atoms with Crippen molar-refractivity contribution in [3.05, 3.63) is 37.1 Å². The summed E-state index contributed by atoms with van der Waals surface area (Å²) in [6.07, 6.45) is 3.40. The zero-order valence-electron chi connectivity index (χ0n) is 10.1. The minimum Gasteiger partial charge on any atom is -0.549 e. The predicted molar refractivity (Wildman–Crippen MR) is 67.9 cm³/mol. The molecule has 0 aromatic carbocycles. The number of H-pyrrole nitrogens is 1. The number of carbonyl (C=O) groups excluding carboxylic acids is 1. The van der Waals surface area contributed by atoms with Crippen LogP contribution in [0.3, 0.4) is 0 Å². The van der Waals surface area contributed by atoms with Gasteiger partial charge in [0, 0.05) is 11.9 Å². The second-order valence-corrected chi connectivity index (χ2v) is 4.57. The standard InChI is InChI=1S/C12H12N4O2S/c1-2-7-16-11(9-5-3-4-6-13-9)14-15-12(16)19-8-10(17)18/h2-6H,1,7-8H2,(H,17,18). The van der Waals surface area contributed by atoms with Crippen LogP contribution in [0.5, 0.6) is 0 Å². The monoisotopic (exact) mass is 276 g/mol. The van der Waals surface area contributed by atoms with Crippen molar-refractivity contribution in [2.45, 2.75) is 11.7 Å². The molecule has 1 N–H and O–H groups in total. The SMILES string of the molecule is C=CC[n+]1c(SCC(=O)[O-])n[nH]c1-c1ccccn1. The van der Waals surface area contributed by atoms with Crippen LogP contribution in [-0.4, -0.2) is 26.9 Å². The van der Waals surface area contributed by atoms with Crippen LogP contribution in [0.15, 0.2) is 42.2 Å². The highest BCUT2D eigenvalue weighted by Gasteiger charge is 2.21. The van der Waals surface area contributed by atoms with Crippen LogP contribution in [0.25, 0.3) is 11.5 Å². The van der Waals surface area contributed by atoms with Gasteiger partial charge in [0.05, 0.1) is 17.6 Å². The minimum atomic E-state index is -1.13. The maximum Gasteiger partial charge on any atom is 0.337 e. The Hall–Kier alpha value is -2.15. The summed E-state index contributed by atoms with van der Waals surface area (Å²) in [5.74, 6) is -0.567. The Morgan fingerprint density at radius 2 is 2.42 bits per heavy atom. The number of pyridine rings is 1. The maximum absolute atomic E-state index is 10.5. The molecule has 2 heterocycles. The minimum absolute atomic E-state index is 0.149. The predicted octanol–water partition coefficient (Wildman–Crippen LogP) is -0.213. The number of hydrogen-bond acceptors (Lipinski definition) is 5. The lowest BCUT2D eigenvalue weighted by atomic mass is 10.3. The van der Waals surface area contributed by atoms with E-state index >= 15 is 0 Å². The van der Waals surface area contributed by atoms with E-state index in [0.717, 1.165) is 17.5 Å². The van der Waals surface area contributed by atoms with Gasteiger partial charge in [-0.05, 0) is 23.9 Å². The van der Waals surface area contributed by atoms with Gasteiger partial charge < -0.3 is 9.90 Å². The summed E-state index contributed by atoms with van der Waals surface area (Å²) in [6.45, 7) is 4.20. The molecule has 0 unspecified atom stereocenters. The van der Waals surface area contributed by atoms with E-state index < -0.39 is 5.97 Å². The molecule has 2 aromatic rings. The third-order valence-electron chi connectivity index (χ3n) is 2.30. The number of allylic oxidation sites excluding steroid dienone is 1. The first-order valence-corrected chi connectivity index (χ1v) is 6.54. The lowest BCUT2D eigenvalue weighted by Crippen LogP contribution is -2.36. The number of thioether (sulfide) groups is 1. The Morgan fingerprint density at radius 1 is 1.58 bits per heavy atom. The van der Waals surface area contributed by atoms with Gasteiger partial charge in [0.25, 0.3) is 5.82 Å². The molecule has 2 aromatic heterocycles. The number of carboxylic acids is 1. The Morgan fingerprint density at radius 3 is 3.05 bits per heavy atom. The second-order valence-electron chi connectivity index (χ2n) is 3.63. The van der Waals surface area contributed by atoms with E-state index in [4.69, 9.17) is 0 Å². The van der Waals surface area contributed by atoms with Gasteiger partial charge in [-0.15, -0.1) is 5.10 Å². The van der Waals surface area contributed by atoms with E-state index in [9.17, 15) is 9.90 Å². The molecule has 7 heteroatoms. The topological polar surface area (TPSA) is 85.6 Å². The summed E-state index contributed by atoms with van der Waals surface area (Å²) in [5, 5.41) is 18.0. The van der Waals surface area contributed by atoms with E-state index in [1.165, 1.54) is 0 Å². The number of aromatic amines is 1. The summed E-state index contributed by atoms with van der Waals surface area (Å²) in [5.41, 5.74) is 0.733. The molecule has 0 saturated heterocycles. The first kappa shape index (κ1) is 13.3. The molecule has 0 bridgehead atoms. The number of nitrogens with one attached hydrogen (secondary N) is 1. The molecule has 0 atom stereocenters. The Bertz CT molecular complexity index is 583. The summed E-state index contributed by atoms with van der Waals surface area (Å²) in [7, 11) is 0. The van der Waals surface area contributed by atoms with Gasteiger partial charge >= 0.3 is 5.16 Å². The van der Waals surface area contributed by atoms with Gasteiger partial charge in [-0.25, -0.2) is 9.55 Å². The average molecular weight is 276 g/mol. The van der Waals surface area contributed by atoms with Crippen molar-refractivity contribution < 1.29 is 14.5 Å². The third-order valence-corrected chi connectivity index (χ3v) is 3.25. The Balaban J connectivity index is 2.34. The van der Waals surface area contributed by atoms with E-state index in [-0.39, 0.29) is 5.75 Å². The molecule has 0 aliphatic rings. The van der Waals surface area contributed by atoms with Crippen LogP contribution >= 0.6 is 11.8 Å². The van der Waals surface area contributed by atoms with Gasteiger partial charge in [-0.2, -0.15) is 0 Å². The quantitative estimate of drug-likeness (QED) is 0.448. The van der Waals surface area contributed by atoms with Crippen molar-refractivity contribution in [1.82, 2.24) is 15.2 Å². The highest BCUT2D eigenvalue weighted by Crippen LogP contribution is 2.15. The summed E-state index contributed by atoms with van der Waals surface area (Å²) < 4.78 is 1.82. The molecule has 0 aliphatic heterocycles. The molecule has 0 fully saturated rings. The zero-order chi connectivity index (χ0) is 13.7. The molecule has 0 saturated carbocycles. The number of nitrogens with zero attached hydrogens (tertiary/aromatic N) is 3. The van der Waals surface area contributed by atoms with E-state index in [1.54, 1.807) is 12.3 Å². The second kappa shape index (κ2) is 6.14. The number of carbonyl (C=O) groups is 1. The van der Waals surface area contributed by atoms with Crippen molar-refractivity contribution in [2.24, 2.45) is 0 Å². The van der Waals surface area contributed by atoms with Gasteiger partial charge in [-0.1, -0.05) is 18.7 Å². The number of aliphatic carboxylic acids is 1. The number of hydrogen-bond donors (Lipinski definition) is 1. The van der Waals surface area contributed by atoms with Crippen LogP contribution in [0, 0.1) is 0 Å². The van der Waals surface area contributed by atoms with Crippen molar-refractivity contribution in [2.75, 3.05) is 5.75 Å². The number of carboxylic acid groups (broad SMARTS) is 1. The van der Waals surface area contributed by atoms with Crippen LogP contribution in [0.4, 0.5) is 0 Å². The van der Waals surface area contributed by atoms with Crippen molar-refractivity contribution >= 4 is 17.7 Å². The number of rotatable bonds is 6. The van der Waals surface area contributed by atoms with Crippen LogP contribution in [0.1, 0.15) is 0 Å². The Labute approximate surface area is 114 Å².